The van der Waals surface area contributed by atoms with E-state index in [1.54, 1.807) is 12.1 Å². The van der Waals surface area contributed by atoms with Crippen molar-refractivity contribution in [2.75, 3.05) is 0 Å². The summed E-state index contributed by atoms with van der Waals surface area (Å²) in [4.78, 5) is 24.0. The Morgan fingerprint density at radius 1 is 1.00 bits per heavy atom. The molecule has 144 valence electrons. The van der Waals surface area contributed by atoms with Crippen LogP contribution in [0, 0.1) is 13.8 Å². The van der Waals surface area contributed by atoms with Crippen LogP contribution in [0.1, 0.15) is 34.0 Å². The monoisotopic (exact) mass is 380 g/mol. The molecule has 0 heterocycles. The van der Waals surface area contributed by atoms with Crippen LogP contribution in [0.15, 0.2) is 42.5 Å². The summed E-state index contributed by atoms with van der Waals surface area (Å²) in [5.74, 6) is -0.793. The van der Waals surface area contributed by atoms with Crippen LogP contribution >= 0.6 is 0 Å². The Morgan fingerprint density at radius 2 is 1.63 bits per heavy atom. The lowest BCUT2D eigenvalue weighted by molar-refractivity contribution is -0.137. The van der Waals surface area contributed by atoms with Gasteiger partial charge in [-0.1, -0.05) is 12.1 Å². The molecule has 1 unspecified atom stereocenters. The lowest BCUT2D eigenvalue weighted by Gasteiger charge is -2.17. The third-order valence-corrected chi connectivity index (χ3v) is 4.00. The molecular formula is C19H19F3N2O3. The van der Waals surface area contributed by atoms with E-state index >= 15 is 0 Å². The van der Waals surface area contributed by atoms with E-state index < -0.39 is 29.7 Å². The summed E-state index contributed by atoms with van der Waals surface area (Å²) >= 11 is 0. The highest BCUT2D eigenvalue weighted by molar-refractivity contribution is 5.95. The molecule has 27 heavy (non-hydrogen) atoms. The molecule has 2 N–H and O–H groups in total. The van der Waals surface area contributed by atoms with Gasteiger partial charge in [-0.15, -0.1) is 0 Å². The minimum Gasteiger partial charge on any atom is -0.481 e. The number of nitrogens with one attached hydrogen (secondary N) is 2. The van der Waals surface area contributed by atoms with Crippen molar-refractivity contribution in [3.63, 3.8) is 0 Å². The summed E-state index contributed by atoms with van der Waals surface area (Å²) in [7, 11) is 0. The second-order valence-electron chi connectivity index (χ2n) is 5.98. The topological polar surface area (TPSA) is 67.4 Å². The predicted octanol–water partition coefficient (Wildman–Crippen LogP) is 3.55. The van der Waals surface area contributed by atoms with Gasteiger partial charge in [0, 0.05) is 5.56 Å². The number of carbonyl (C=O) groups is 2. The van der Waals surface area contributed by atoms with Gasteiger partial charge >= 0.3 is 6.18 Å². The highest BCUT2D eigenvalue weighted by atomic mass is 19.4. The molecule has 8 heteroatoms. The lowest BCUT2D eigenvalue weighted by atomic mass is 10.1. The molecule has 0 aliphatic heterocycles. The maximum atomic E-state index is 12.5. The maximum absolute atomic E-state index is 12.5. The Kier molecular flexibility index (Phi) is 6.09. The third kappa shape index (κ3) is 5.22. The first-order valence-corrected chi connectivity index (χ1v) is 8.10. The van der Waals surface area contributed by atoms with E-state index in [1.165, 1.54) is 6.92 Å². The molecule has 2 rings (SSSR count). The number of hydrogen-bond acceptors (Lipinski definition) is 3. The molecule has 1 atom stereocenters. The number of hydrazine groups is 1. The van der Waals surface area contributed by atoms with Gasteiger partial charge in [0.05, 0.1) is 5.56 Å². The predicted molar refractivity (Wildman–Crippen MR) is 93.1 cm³/mol. The quantitative estimate of drug-likeness (QED) is 0.798. The van der Waals surface area contributed by atoms with E-state index in [2.05, 4.69) is 10.9 Å². The van der Waals surface area contributed by atoms with Crippen LogP contribution in [0.4, 0.5) is 13.2 Å². The summed E-state index contributed by atoms with van der Waals surface area (Å²) in [5, 5.41) is 0. The molecule has 0 bridgehead atoms. The van der Waals surface area contributed by atoms with Gasteiger partial charge in [-0.25, -0.2) is 0 Å². The molecule has 2 aromatic rings. The van der Waals surface area contributed by atoms with Crippen molar-refractivity contribution in [3.05, 3.63) is 64.7 Å². The lowest BCUT2D eigenvalue weighted by Crippen LogP contribution is -2.47. The molecule has 2 aromatic carbocycles. The second kappa shape index (κ2) is 8.11. The average molecular weight is 380 g/mol. The number of hydrogen-bond donors (Lipinski definition) is 2. The standard InChI is InChI=1S/C19H19F3N2O3/c1-11-5-4-6-16(12(11)2)27-13(3)17(25)23-24-18(26)14-7-9-15(10-8-14)19(20,21)22/h4-10,13H,1-3H3,(H,23,25)(H,24,26). The Bertz CT molecular complexity index is 833. The van der Waals surface area contributed by atoms with Crippen LogP contribution < -0.4 is 15.6 Å². The van der Waals surface area contributed by atoms with Crippen LogP contribution in [-0.4, -0.2) is 17.9 Å². The van der Waals surface area contributed by atoms with Crippen LogP contribution in [-0.2, 0) is 11.0 Å². The number of benzene rings is 2. The number of halogens is 3. The molecule has 0 fully saturated rings. The van der Waals surface area contributed by atoms with Gasteiger partial charge in [0.2, 0.25) is 0 Å². The summed E-state index contributed by atoms with van der Waals surface area (Å²) < 4.78 is 43.2. The SMILES string of the molecule is Cc1cccc(OC(C)C(=O)NNC(=O)c2ccc(C(F)(F)F)cc2)c1C. The largest absolute Gasteiger partial charge is 0.481 e. The molecule has 0 spiro atoms. The molecule has 0 aromatic heterocycles. The smallest absolute Gasteiger partial charge is 0.416 e. The van der Waals surface area contributed by atoms with Crippen molar-refractivity contribution < 1.29 is 27.5 Å². The van der Waals surface area contributed by atoms with E-state index in [9.17, 15) is 22.8 Å². The number of aryl methyl sites for hydroxylation is 1. The number of carbonyl (C=O) groups excluding carboxylic acids is 2. The van der Waals surface area contributed by atoms with Crippen molar-refractivity contribution in [3.8, 4) is 5.75 Å². The van der Waals surface area contributed by atoms with E-state index in [0.29, 0.717) is 5.75 Å². The van der Waals surface area contributed by atoms with Crippen LogP contribution in [0.2, 0.25) is 0 Å². The van der Waals surface area contributed by atoms with Gasteiger partial charge in [0.15, 0.2) is 6.10 Å². The number of rotatable bonds is 4. The van der Waals surface area contributed by atoms with Gasteiger partial charge in [-0.3, -0.25) is 20.4 Å². The van der Waals surface area contributed by atoms with E-state index in [0.717, 1.165) is 35.4 Å². The van der Waals surface area contributed by atoms with E-state index in [-0.39, 0.29) is 5.56 Å². The number of ether oxygens (including phenoxy) is 1. The van der Waals surface area contributed by atoms with E-state index in [1.807, 2.05) is 19.9 Å². The third-order valence-electron chi connectivity index (χ3n) is 4.00. The minimum atomic E-state index is -4.48. The van der Waals surface area contributed by atoms with Crippen LogP contribution in [0.5, 0.6) is 5.75 Å². The summed E-state index contributed by atoms with van der Waals surface area (Å²) in [6.07, 6.45) is -5.37. The van der Waals surface area contributed by atoms with E-state index in [4.69, 9.17) is 4.74 Å². The first-order valence-electron chi connectivity index (χ1n) is 8.10. The molecule has 2 amide bonds. The van der Waals surface area contributed by atoms with Crippen molar-refractivity contribution >= 4 is 11.8 Å². The fourth-order valence-corrected chi connectivity index (χ4v) is 2.20. The second-order valence-corrected chi connectivity index (χ2v) is 5.98. The molecular weight excluding hydrogens is 361 g/mol. The minimum absolute atomic E-state index is 0.0219. The number of alkyl halides is 3. The molecule has 0 saturated heterocycles. The highest BCUT2D eigenvalue weighted by Crippen LogP contribution is 2.29. The Hall–Kier alpha value is -3.03. The molecule has 0 aliphatic carbocycles. The van der Waals surface area contributed by atoms with Gasteiger partial charge in [0.25, 0.3) is 11.8 Å². The van der Waals surface area contributed by atoms with Crippen molar-refractivity contribution in [2.45, 2.75) is 33.1 Å². The highest BCUT2D eigenvalue weighted by Gasteiger charge is 2.30. The van der Waals surface area contributed by atoms with Gasteiger partial charge < -0.3 is 4.74 Å². The zero-order valence-electron chi connectivity index (χ0n) is 15.0. The number of amides is 2. The zero-order chi connectivity index (χ0) is 20.2. The molecule has 0 saturated carbocycles. The van der Waals surface area contributed by atoms with Crippen LogP contribution in [0.25, 0.3) is 0 Å². The zero-order valence-corrected chi connectivity index (χ0v) is 15.0. The fraction of sp³-hybridized carbons (Fsp3) is 0.263. The van der Waals surface area contributed by atoms with Crippen molar-refractivity contribution in [1.82, 2.24) is 10.9 Å². The maximum Gasteiger partial charge on any atom is 0.416 e. The van der Waals surface area contributed by atoms with Gasteiger partial charge in [-0.2, -0.15) is 13.2 Å². The molecule has 0 aliphatic rings. The fourth-order valence-electron chi connectivity index (χ4n) is 2.20. The first-order chi connectivity index (χ1) is 12.6. The Balaban J connectivity index is 1.92. The first kappa shape index (κ1) is 20.3. The van der Waals surface area contributed by atoms with Crippen molar-refractivity contribution in [2.24, 2.45) is 0 Å². The summed E-state index contributed by atoms with van der Waals surface area (Å²) in [5.41, 5.74) is 5.36. The average Bonchev–Trinajstić information content (AvgIpc) is 2.62. The van der Waals surface area contributed by atoms with Gasteiger partial charge in [-0.05, 0) is 62.2 Å². The summed E-state index contributed by atoms with van der Waals surface area (Å²) in [6, 6.07) is 9.09. The molecule has 5 nitrogen and oxygen atoms in total. The Labute approximate surface area is 154 Å². The van der Waals surface area contributed by atoms with Crippen LogP contribution in [0.3, 0.4) is 0 Å². The normalized spacial score (nSPS) is 12.2. The summed E-state index contributed by atoms with van der Waals surface area (Å²) in [6.45, 7) is 5.29. The van der Waals surface area contributed by atoms with Crippen molar-refractivity contribution in [1.29, 1.82) is 0 Å². The molecule has 0 radical (unpaired) electrons. The Morgan fingerprint density at radius 3 is 2.22 bits per heavy atom. The van der Waals surface area contributed by atoms with Gasteiger partial charge in [0.1, 0.15) is 5.75 Å².